The lowest BCUT2D eigenvalue weighted by Crippen LogP contribution is -2.59. The lowest BCUT2D eigenvalue weighted by molar-refractivity contribution is -0.145. The fraction of sp³-hybridized carbons (Fsp3) is 0.600. The highest BCUT2D eigenvalue weighted by atomic mass is 16.2. The normalized spacial score (nSPS) is 24.1. The molecule has 0 aliphatic carbocycles. The second kappa shape index (κ2) is 4.14. The number of nitrogens with one attached hydrogen (secondary N) is 1. The van der Waals surface area contributed by atoms with Gasteiger partial charge in [0, 0.05) is 0 Å². The van der Waals surface area contributed by atoms with E-state index in [1.54, 1.807) is 6.92 Å². The summed E-state index contributed by atoms with van der Waals surface area (Å²) in [5.41, 5.74) is 0. The predicted molar refractivity (Wildman–Crippen MR) is 52.2 cm³/mol. The predicted octanol–water partition coefficient (Wildman–Crippen LogP) is -0.255. The summed E-state index contributed by atoms with van der Waals surface area (Å²) in [5, 5.41) is 2.63. The SMILES string of the molecule is C#CC(C)N1CC(=O)NC(CC)C1=O. The van der Waals surface area contributed by atoms with Crippen LogP contribution in [-0.2, 0) is 9.59 Å². The Bertz CT molecular complexity index is 293. The van der Waals surface area contributed by atoms with Crippen molar-refractivity contribution in [1.82, 2.24) is 10.2 Å². The van der Waals surface area contributed by atoms with Crippen LogP contribution in [0.3, 0.4) is 0 Å². The van der Waals surface area contributed by atoms with Gasteiger partial charge in [0.25, 0.3) is 0 Å². The van der Waals surface area contributed by atoms with Gasteiger partial charge in [-0.25, -0.2) is 0 Å². The third-order valence-corrected chi connectivity index (χ3v) is 2.35. The summed E-state index contributed by atoms with van der Waals surface area (Å²) in [7, 11) is 0. The van der Waals surface area contributed by atoms with E-state index in [4.69, 9.17) is 6.42 Å². The molecule has 1 aliphatic rings. The molecule has 2 amide bonds. The van der Waals surface area contributed by atoms with Crippen LogP contribution >= 0.6 is 0 Å². The monoisotopic (exact) mass is 194 g/mol. The van der Waals surface area contributed by atoms with E-state index in [1.165, 1.54) is 4.90 Å². The molecule has 1 aliphatic heterocycles. The Morgan fingerprint density at radius 3 is 2.86 bits per heavy atom. The molecule has 0 radical (unpaired) electrons. The zero-order valence-corrected chi connectivity index (χ0v) is 8.41. The van der Waals surface area contributed by atoms with Crippen LogP contribution in [0.2, 0.25) is 0 Å². The molecule has 14 heavy (non-hydrogen) atoms. The number of hydrogen-bond donors (Lipinski definition) is 1. The number of nitrogens with zero attached hydrogens (tertiary/aromatic N) is 1. The molecule has 0 aromatic carbocycles. The van der Waals surface area contributed by atoms with E-state index in [0.717, 1.165) is 0 Å². The van der Waals surface area contributed by atoms with Crippen molar-refractivity contribution in [1.29, 1.82) is 0 Å². The third-order valence-electron chi connectivity index (χ3n) is 2.35. The topological polar surface area (TPSA) is 49.4 Å². The van der Waals surface area contributed by atoms with E-state index < -0.39 is 6.04 Å². The lowest BCUT2D eigenvalue weighted by atomic mass is 10.1. The molecular weight excluding hydrogens is 180 g/mol. The first-order chi connectivity index (χ1) is 6.60. The van der Waals surface area contributed by atoms with Gasteiger partial charge in [0.05, 0.1) is 6.04 Å². The van der Waals surface area contributed by atoms with E-state index in [1.807, 2.05) is 6.92 Å². The zero-order valence-electron chi connectivity index (χ0n) is 8.41. The zero-order chi connectivity index (χ0) is 10.7. The van der Waals surface area contributed by atoms with E-state index in [0.29, 0.717) is 6.42 Å². The number of amides is 2. The highest BCUT2D eigenvalue weighted by Crippen LogP contribution is 2.08. The van der Waals surface area contributed by atoms with Gasteiger partial charge in [-0.2, -0.15) is 0 Å². The van der Waals surface area contributed by atoms with Crippen LogP contribution in [0, 0.1) is 12.3 Å². The summed E-state index contributed by atoms with van der Waals surface area (Å²) >= 11 is 0. The average Bonchev–Trinajstić information content (AvgIpc) is 2.19. The number of carbonyl (C=O) groups is 2. The summed E-state index contributed by atoms with van der Waals surface area (Å²) < 4.78 is 0. The van der Waals surface area contributed by atoms with Crippen LogP contribution in [0.4, 0.5) is 0 Å². The molecule has 2 unspecified atom stereocenters. The van der Waals surface area contributed by atoms with Crippen LogP contribution in [-0.4, -0.2) is 35.3 Å². The van der Waals surface area contributed by atoms with E-state index in [2.05, 4.69) is 11.2 Å². The first-order valence-electron chi connectivity index (χ1n) is 4.66. The lowest BCUT2D eigenvalue weighted by Gasteiger charge is -2.34. The van der Waals surface area contributed by atoms with Crippen LogP contribution < -0.4 is 5.32 Å². The molecule has 4 nitrogen and oxygen atoms in total. The molecule has 1 heterocycles. The molecule has 4 heteroatoms. The Labute approximate surface area is 83.6 Å². The van der Waals surface area contributed by atoms with Crippen molar-refractivity contribution in [3.05, 3.63) is 0 Å². The average molecular weight is 194 g/mol. The number of carbonyl (C=O) groups excluding carboxylic acids is 2. The maximum atomic E-state index is 11.7. The highest BCUT2D eigenvalue weighted by molar-refractivity contribution is 5.95. The van der Waals surface area contributed by atoms with Crippen LogP contribution in [0.15, 0.2) is 0 Å². The van der Waals surface area contributed by atoms with Gasteiger partial charge in [-0.1, -0.05) is 12.8 Å². The molecule has 0 aromatic rings. The second-order valence-corrected chi connectivity index (χ2v) is 3.34. The number of terminal acetylenes is 1. The Balaban J connectivity index is 2.81. The summed E-state index contributed by atoms with van der Waals surface area (Å²) in [5.74, 6) is 2.23. The van der Waals surface area contributed by atoms with Crippen LogP contribution in [0.25, 0.3) is 0 Å². The van der Waals surface area contributed by atoms with Crippen LogP contribution in [0.5, 0.6) is 0 Å². The maximum absolute atomic E-state index is 11.7. The smallest absolute Gasteiger partial charge is 0.246 e. The maximum Gasteiger partial charge on any atom is 0.246 e. The minimum Gasteiger partial charge on any atom is -0.343 e. The van der Waals surface area contributed by atoms with Crippen molar-refractivity contribution in [2.24, 2.45) is 0 Å². The van der Waals surface area contributed by atoms with Gasteiger partial charge in [-0.05, 0) is 13.3 Å². The Morgan fingerprint density at radius 2 is 2.36 bits per heavy atom. The molecule has 0 saturated carbocycles. The minimum absolute atomic E-state index is 0.0701. The molecule has 1 fully saturated rings. The first-order valence-corrected chi connectivity index (χ1v) is 4.66. The number of hydrogen-bond acceptors (Lipinski definition) is 2. The first kappa shape index (κ1) is 10.6. The fourth-order valence-electron chi connectivity index (χ4n) is 1.43. The van der Waals surface area contributed by atoms with Crippen molar-refractivity contribution in [3.63, 3.8) is 0 Å². The van der Waals surface area contributed by atoms with E-state index >= 15 is 0 Å². The molecule has 1 N–H and O–H groups in total. The molecule has 76 valence electrons. The van der Waals surface area contributed by atoms with Gasteiger partial charge >= 0.3 is 0 Å². The van der Waals surface area contributed by atoms with Gasteiger partial charge < -0.3 is 10.2 Å². The van der Waals surface area contributed by atoms with Gasteiger partial charge in [-0.3, -0.25) is 9.59 Å². The molecule has 2 atom stereocenters. The Kier molecular flexibility index (Phi) is 3.13. The summed E-state index contributed by atoms with van der Waals surface area (Å²) in [6, 6.07) is -0.727. The molecular formula is C10H14N2O2. The molecule has 1 saturated heterocycles. The minimum atomic E-state index is -0.410. The van der Waals surface area contributed by atoms with Crippen LogP contribution in [0.1, 0.15) is 20.3 Å². The van der Waals surface area contributed by atoms with Crippen molar-refractivity contribution >= 4 is 11.8 Å². The molecule has 1 rings (SSSR count). The van der Waals surface area contributed by atoms with Gasteiger partial charge in [-0.15, -0.1) is 6.42 Å². The molecule has 0 bridgehead atoms. The van der Waals surface area contributed by atoms with Crippen molar-refractivity contribution < 1.29 is 9.59 Å². The summed E-state index contributed by atoms with van der Waals surface area (Å²) in [4.78, 5) is 24.4. The Hall–Kier alpha value is -1.50. The van der Waals surface area contributed by atoms with Gasteiger partial charge in [0.1, 0.15) is 12.6 Å². The molecule has 0 spiro atoms. The largest absolute Gasteiger partial charge is 0.343 e. The third kappa shape index (κ3) is 1.87. The number of piperazine rings is 1. The summed E-state index contributed by atoms with van der Waals surface area (Å²) in [6.07, 6.45) is 5.82. The van der Waals surface area contributed by atoms with Crippen molar-refractivity contribution in [2.45, 2.75) is 32.4 Å². The van der Waals surface area contributed by atoms with Gasteiger partial charge in [0.2, 0.25) is 11.8 Å². The van der Waals surface area contributed by atoms with E-state index in [-0.39, 0.29) is 24.4 Å². The van der Waals surface area contributed by atoms with Crippen molar-refractivity contribution in [2.75, 3.05) is 6.54 Å². The number of rotatable bonds is 2. The van der Waals surface area contributed by atoms with E-state index in [9.17, 15) is 9.59 Å². The quantitative estimate of drug-likeness (QED) is 0.616. The second-order valence-electron chi connectivity index (χ2n) is 3.34. The highest BCUT2D eigenvalue weighted by Gasteiger charge is 2.33. The fourth-order valence-corrected chi connectivity index (χ4v) is 1.43. The van der Waals surface area contributed by atoms with Gasteiger partial charge in [0.15, 0.2) is 0 Å². The standard InChI is InChI=1S/C10H14N2O2/c1-4-7(3)12-6-9(13)11-8(5-2)10(12)14/h1,7-8H,5-6H2,2-3H3,(H,11,13). The van der Waals surface area contributed by atoms with Crippen molar-refractivity contribution in [3.8, 4) is 12.3 Å². The molecule has 0 aromatic heterocycles. The summed E-state index contributed by atoms with van der Waals surface area (Å²) in [6.45, 7) is 3.66. The Morgan fingerprint density at radius 1 is 1.71 bits per heavy atom.